The number of carbonyl (C=O) groups is 2. The maximum absolute atomic E-state index is 10.9. The second-order valence-corrected chi connectivity index (χ2v) is 15.4. The first-order valence-electron chi connectivity index (χ1n) is 13.6. The van der Waals surface area contributed by atoms with Crippen molar-refractivity contribution in [1.29, 1.82) is 0 Å². The summed E-state index contributed by atoms with van der Waals surface area (Å²) >= 11 is 0. The summed E-state index contributed by atoms with van der Waals surface area (Å²) in [5.74, 6) is -3.11. The van der Waals surface area contributed by atoms with Gasteiger partial charge in [-0.25, -0.2) is 18.0 Å². The first-order chi connectivity index (χ1) is 18.9. The Hall–Kier alpha value is -2.68. The monoisotopic (exact) mass is 598 g/mol. The number of unbranched alkanes of at least 4 members (excludes halogenated alkanes) is 3. The lowest BCUT2D eigenvalue weighted by molar-refractivity contribution is -0.140. The van der Waals surface area contributed by atoms with Crippen LogP contribution in [-0.4, -0.2) is 66.8 Å². The maximum atomic E-state index is 10.9. The van der Waals surface area contributed by atoms with Gasteiger partial charge in [-0.15, -0.1) is 0 Å². The number of carboxylic acid groups (broad SMARTS) is 2. The number of hydrogen-bond donors (Lipinski definition) is 2. The molecule has 2 N–H and O–H groups in total. The highest BCUT2D eigenvalue weighted by atomic mass is 32.2. The van der Waals surface area contributed by atoms with Crippen molar-refractivity contribution in [2.45, 2.75) is 70.4 Å². The number of ether oxygens (including phenoxy) is 2. The van der Waals surface area contributed by atoms with Gasteiger partial charge in [0.05, 0.1) is 29.5 Å². The third-order valence-corrected chi connectivity index (χ3v) is 11.8. The minimum atomic E-state index is -4.83. The summed E-state index contributed by atoms with van der Waals surface area (Å²) in [6.07, 6.45) is 14.4. The zero-order valence-corrected chi connectivity index (χ0v) is 25.4. The van der Waals surface area contributed by atoms with Crippen molar-refractivity contribution in [3.05, 3.63) is 54.1 Å². The molecule has 9 nitrogen and oxygen atoms in total. The van der Waals surface area contributed by atoms with Gasteiger partial charge >= 0.3 is 11.9 Å². The van der Waals surface area contributed by atoms with Crippen molar-refractivity contribution in [2.75, 3.05) is 31.7 Å². The summed E-state index contributed by atoms with van der Waals surface area (Å²) in [6.45, 7) is 5.51. The van der Waals surface area contributed by atoms with E-state index in [1.807, 2.05) is 0 Å². The molecule has 0 bridgehead atoms. The fraction of sp³-hybridized carbons (Fsp3) is 0.517. The van der Waals surface area contributed by atoms with E-state index in [4.69, 9.17) is 19.7 Å². The van der Waals surface area contributed by atoms with Crippen molar-refractivity contribution in [3.8, 4) is 11.5 Å². The van der Waals surface area contributed by atoms with Gasteiger partial charge in [-0.3, -0.25) is 0 Å². The molecule has 0 spiro atoms. The lowest BCUT2D eigenvalue weighted by Gasteiger charge is -2.28. The number of benzene rings is 2. The molecule has 0 aromatic heterocycles. The van der Waals surface area contributed by atoms with Crippen LogP contribution < -0.4 is 9.47 Å². The summed E-state index contributed by atoms with van der Waals surface area (Å²) in [6, 6.07) is 14.0. The first-order valence-corrected chi connectivity index (χ1v) is 17.6. The highest BCUT2D eigenvalue weighted by molar-refractivity contribution is 7.85. The summed E-state index contributed by atoms with van der Waals surface area (Å²) in [7, 11) is -5.60. The van der Waals surface area contributed by atoms with Crippen LogP contribution in [-0.2, 0) is 25.9 Å². The Labute approximate surface area is 239 Å². The Morgan fingerprint density at radius 3 is 1.55 bits per heavy atom. The number of hydrogen-bond acceptors (Lipinski definition) is 7. The lowest BCUT2D eigenvalue weighted by atomic mass is 10.2. The zero-order chi connectivity index (χ0) is 30.0. The van der Waals surface area contributed by atoms with Crippen LogP contribution in [0.5, 0.6) is 11.5 Å². The minimum Gasteiger partial charge on any atom is -0.744 e. The molecular weight excluding hydrogens is 555 g/mol. The predicted octanol–water partition coefficient (Wildman–Crippen LogP) is 6.12. The molecule has 0 atom stereocenters. The molecule has 224 valence electrons. The Balaban J connectivity index is 0.000000400. The van der Waals surface area contributed by atoms with Crippen molar-refractivity contribution >= 4 is 29.3 Å². The third-order valence-electron chi connectivity index (χ3n) is 6.19. The van der Waals surface area contributed by atoms with Crippen molar-refractivity contribution in [2.24, 2.45) is 0 Å². The van der Waals surface area contributed by atoms with Crippen LogP contribution in [0.15, 0.2) is 53.4 Å². The maximum Gasteiger partial charge on any atom is 0.341 e. The molecule has 40 heavy (non-hydrogen) atoms. The van der Waals surface area contributed by atoms with Gasteiger partial charge in [-0.1, -0.05) is 70.4 Å². The molecule has 0 saturated heterocycles. The van der Waals surface area contributed by atoms with E-state index in [2.05, 4.69) is 51.1 Å². The molecule has 0 heterocycles. The molecule has 0 unspecified atom stereocenters. The van der Waals surface area contributed by atoms with Crippen LogP contribution in [0.2, 0.25) is 0 Å². The normalized spacial score (nSPS) is 11.3. The predicted molar refractivity (Wildman–Crippen MR) is 157 cm³/mol. The van der Waals surface area contributed by atoms with E-state index in [-0.39, 0.29) is 11.5 Å². The van der Waals surface area contributed by atoms with Crippen molar-refractivity contribution in [1.82, 2.24) is 0 Å². The SMILES string of the molecule is CCCC[P+](CCCC)(CCCC)Cc1ccccc1.O=C(O)COc1cc(OCC(=O)O)cc(S(=O)(=O)[O-])c1. The molecule has 11 heteroatoms. The van der Waals surface area contributed by atoms with Crippen LogP contribution in [0.25, 0.3) is 0 Å². The highest BCUT2D eigenvalue weighted by Crippen LogP contribution is 2.63. The second-order valence-electron chi connectivity index (χ2n) is 9.68. The van der Waals surface area contributed by atoms with E-state index in [0.717, 1.165) is 18.2 Å². The van der Waals surface area contributed by atoms with Crippen LogP contribution in [0.3, 0.4) is 0 Å². The molecule has 0 aliphatic carbocycles. The van der Waals surface area contributed by atoms with Crippen LogP contribution >= 0.6 is 7.26 Å². The van der Waals surface area contributed by atoms with Gasteiger partial charge in [0.15, 0.2) is 13.2 Å². The standard InChI is InChI=1S/C19H34P.C10H10O9S/c1-4-7-15-20(16-8-5-2,17-9-6-3)18-19-13-11-10-12-14-19;11-9(12)4-18-6-1-7(19-5-10(13)14)3-8(2-6)20(15,16)17/h10-14H,4-9,15-18H2,1-3H3;1-3H,4-5H2,(H,11,12)(H,13,14)(H,15,16,17)/q+1;/p-1. The quantitative estimate of drug-likeness (QED) is 0.153. The molecular formula is C29H43O9PS. The number of carboxylic acids is 2. The van der Waals surface area contributed by atoms with E-state index in [1.165, 1.54) is 63.2 Å². The van der Waals surface area contributed by atoms with Crippen molar-refractivity contribution < 1.29 is 42.2 Å². The van der Waals surface area contributed by atoms with E-state index in [1.54, 1.807) is 5.56 Å². The van der Waals surface area contributed by atoms with Gasteiger partial charge in [0.25, 0.3) is 0 Å². The zero-order valence-electron chi connectivity index (χ0n) is 23.7. The van der Waals surface area contributed by atoms with Crippen molar-refractivity contribution in [3.63, 3.8) is 0 Å². The molecule has 0 aliphatic heterocycles. The average molecular weight is 599 g/mol. The molecule has 0 radical (unpaired) electrons. The molecule has 0 aliphatic rings. The van der Waals surface area contributed by atoms with Gasteiger partial charge in [0, 0.05) is 13.3 Å². The minimum absolute atomic E-state index is 0.246. The highest BCUT2D eigenvalue weighted by Gasteiger charge is 2.35. The van der Waals surface area contributed by atoms with Crippen LogP contribution in [0, 0.1) is 0 Å². The topological polar surface area (TPSA) is 150 Å². The second kappa shape index (κ2) is 18.6. The summed E-state index contributed by atoms with van der Waals surface area (Å²) in [5.41, 5.74) is 1.59. The largest absolute Gasteiger partial charge is 0.744 e. The number of rotatable bonds is 18. The average Bonchev–Trinajstić information content (AvgIpc) is 2.92. The van der Waals surface area contributed by atoms with E-state index in [9.17, 15) is 22.6 Å². The summed E-state index contributed by atoms with van der Waals surface area (Å²) in [5, 5.41) is 16.9. The smallest absolute Gasteiger partial charge is 0.341 e. The van der Waals surface area contributed by atoms with E-state index < -0.39 is 47.4 Å². The molecule has 0 amide bonds. The molecule has 0 saturated carbocycles. The summed E-state index contributed by atoms with van der Waals surface area (Å²) in [4.78, 5) is 20.0. The number of aliphatic carboxylic acids is 2. The van der Waals surface area contributed by atoms with Gasteiger partial charge in [-0.2, -0.15) is 0 Å². The third kappa shape index (κ3) is 14.6. The van der Waals surface area contributed by atoms with Gasteiger partial charge in [0.1, 0.15) is 21.6 Å². The van der Waals surface area contributed by atoms with E-state index >= 15 is 0 Å². The van der Waals surface area contributed by atoms with Gasteiger partial charge in [-0.05, 0) is 37.0 Å². The fourth-order valence-electron chi connectivity index (χ4n) is 4.17. The van der Waals surface area contributed by atoms with Crippen LogP contribution in [0.4, 0.5) is 0 Å². The Morgan fingerprint density at radius 1 is 0.775 bits per heavy atom. The Morgan fingerprint density at radius 2 is 1.20 bits per heavy atom. The van der Waals surface area contributed by atoms with Crippen LogP contribution in [0.1, 0.15) is 64.9 Å². The van der Waals surface area contributed by atoms with Gasteiger partial charge in [0.2, 0.25) is 0 Å². The fourth-order valence-corrected chi connectivity index (χ4v) is 9.78. The Bertz CT molecular complexity index is 1080. The van der Waals surface area contributed by atoms with Gasteiger partial charge < -0.3 is 24.2 Å². The molecule has 2 aromatic carbocycles. The molecule has 2 aromatic rings. The Kier molecular flexibility index (Phi) is 16.5. The first kappa shape index (κ1) is 35.3. The molecule has 2 rings (SSSR count). The van der Waals surface area contributed by atoms with E-state index in [0.29, 0.717) is 0 Å². The summed E-state index contributed by atoms with van der Waals surface area (Å²) < 4.78 is 42.2. The molecule has 0 fully saturated rings. The lowest BCUT2D eigenvalue weighted by Crippen LogP contribution is -2.12.